The largest absolute Gasteiger partial charge is 0.489 e. The fourth-order valence-electron chi connectivity index (χ4n) is 3.23. The second kappa shape index (κ2) is 12.1. The zero-order valence-corrected chi connectivity index (χ0v) is 20.6. The predicted molar refractivity (Wildman–Crippen MR) is 139 cm³/mol. The maximum absolute atomic E-state index is 6.00. The molecule has 0 spiro atoms. The summed E-state index contributed by atoms with van der Waals surface area (Å²) in [5.41, 5.74) is 5.34. The van der Waals surface area contributed by atoms with Crippen LogP contribution in [-0.4, -0.2) is 6.21 Å². The summed E-state index contributed by atoms with van der Waals surface area (Å²) >= 11 is 3.55. The minimum atomic E-state index is 0.370. The van der Waals surface area contributed by atoms with Crippen LogP contribution in [0.1, 0.15) is 27.8 Å². The Balaban J connectivity index is 1.26. The SMILES string of the molecule is Cc1ccc(COc2ccc(CON=Cc3ccccc3OCc3ccccc3Br)cc2)cc1. The lowest BCUT2D eigenvalue weighted by Gasteiger charge is -2.10. The molecule has 0 bridgehead atoms. The third kappa shape index (κ3) is 6.96. The summed E-state index contributed by atoms with van der Waals surface area (Å²) in [6.45, 7) is 3.45. The van der Waals surface area contributed by atoms with E-state index in [1.165, 1.54) is 5.56 Å². The van der Waals surface area contributed by atoms with Crippen molar-refractivity contribution < 1.29 is 14.3 Å². The van der Waals surface area contributed by atoms with E-state index >= 15 is 0 Å². The average molecular weight is 516 g/mol. The predicted octanol–water partition coefficient (Wildman–Crippen LogP) is 7.47. The molecule has 0 saturated heterocycles. The highest BCUT2D eigenvalue weighted by Gasteiger charge is 2.04. The molecule has 0 aliphatic rings. The summed E-state index contributed by atoms with van der Waals surface area (Å²) in [5.74, 6) is 1.57. The van der Waals surface area contributed by atoms with Crippen LogP contribution < -0.4 is 9.47 Å². The number of benzene rings is 4. The minimum absolute atomic E-state index is 0.370. The van der Waals surface area contributed by atoms with Crippen molar-refractivity contribution in [3.63, 3.8) is 0 Å². The molecule has 0 aromatic heterocycles. The van der Waals surface area contributed by atoms with Gasteiger partial charge in [-0.3, -0.25) is 0 Å². The number of para-hydroxylation sites is 1. The lowest BCUT2D eigenvalue weighted by atomic mass is 10.2. The molecule has 0 radical (unpaired) electrons. The smallest absolute Gasteiger partial charge is 0.142 e. The van der Waals surface area contributed by atoms with Crippen LogP contribution in [0.4, 0.5) is 0 Å². The van der Waals surface area contributed by atoms with Gasteiger partial charge in [-0.05, 0) is 48.4 Å². The van der Waals surface area contributed by atoms with E-state index in [0.717, 1.165) is 38.2 Å². The Kier molecular flexibility index (Phi) is 8.36. The van der Waals surface area contributed by atoms with Crippen molar-refractivity contribution in [1.29, 1.82) is 0 Å². The highest BCUT2D eigenvalue weighted by atomic mass is 79.9. The standard InChI is InChI=1S/C29H26BrNO3/c1-22-10-12-23(13-11-22)19-32-27-16-14-24(15-17-27)20-34-31-18-25-6-3-5-9-29(25)33-21-26-7-2-4-8-28(26)30/h2-18H,19-21H2,1H3. The van der Waals surface area contributed by atoms with Gasteiger partial charge in [0, 0.05) is 15.6 Å². The van der Waals surface area contributed by atoms with Crippen molar-refractivity contribution in [2.24, 2.45) is 5.16 Å². The van der Waals surface area contributed by atoms with Gasteiger partial charge in [-0.2, -0.15) is 0 Å². The molecule has 0 aliphatic heterocycles. The number of hydrogen-bond acceptors (Lipinski definition) is 4. The lowest BCUT2D eigenvalue weighted by Crippen LogP contribution is -1.99. The van der Waals surface area contributed by atoms with E-state index in [1.54, 1.807) is 6.21 Å². The summed E-state index contributed by atoms with van der Waals surface area (Å²) in [7, 11) is 0. The third-order valence-corrected chi connectivity index (χ3v) is 5.98. The molecule has 4 aromatic carbocycles. The summed E-state index contributed by atoms with van der Waals surface area (Å²) in [5, 5.41) is 4.13. The van der Waals surface area contributed by atoms with Gasteiger partial charge in [0.25, 0.3) is 0 Å². The molecular formula is C29H26BrNO3. The normalized spacial score (nSPS) is 10.9. The monoisotopic (exact) mass is 515 g/mol. The van der Waals surface area contributed by atoms with Crippen molar-refractivity contribution >= 4 is 22.1 Å². The second-order valence-corrected chi connectivity index (χ2v) is 8.70. The fraction of sp³-hybridized carbons (Fsp3) is 0.138. The highest BCUT2D eigenvalue weighted by molar-refractivity contribution is 9.10. The summed E-state index contributed by atoms with van der Waals surface area (Å²) in [6.07, 6.45) is 1.68. The molecule has 0 aliphatic carbocycles. The first-order chi connectivity index (χ1) is 16.7. The summed E-state index contributed by atoms with van der Waals surface area (Å²) < 4.78 is 12.9. The van der Waals surface area contributed by atoms with Gasteiger partial charge in [-0.1, -0.05) is 93.4 Å². The number of ether oxygens (including phenoxy) is 2. The van der Waals surface area contributed by atoms with Crippen molar-refractivity contribution in [2.75, 3.05) is 0 Å². The molecule has 0 heterocycles. The number of aryl methyl sites for hydroxylation is 1. The van der Waals surface area contributed by atoms with Gasteiger partial charge in [-0.25, -0.2) is 0 Å². The zero-order chi connectivity index (χ0) is 23.6. The van der Waals surface area contributed by atoms with Crippen LogP contribution in [0.5, 0.6) is 11.5 Å². The Labute approximate surface area is 208 Å². The van der Waals surface area contributed by atoms with E-state index in [9.17, 15) is 0 Å². The Morgan fingerprint density at radius 1 is 0.706 bits per heavy atom. The summed E-state index contributed by atoms with van der Waals surface area (Å²) in [4.78, 5) is 5.51. The van der Waals surface area contributed by atoms with Crippen molar-refractivity contribution in [3.05, 3.63) is 129 Å². The molecule has 0 N–H and O–H groups in total. The van der Waals surface area contributed by atoms with Crippen LogP contribution in [0.15, 0.2) is 107 Å². The van der Waals surface area contributed by atoms with Gasteiger partial charge in [0.15, 0.2) is 0 Å². The molecule has 4 aromatic rings. The zero-order valence-electron chi connectivity index (χ0n) is 19.0. The molecule has 34 heavy (non-hydrogen) atoms. The first-order valence-electron chi connectivity index (χ1n) is 11.1. The van der Waals surface area contributed by atoms with E-state index in [0.29, 0.717) is 19.8 Å². The number of halogens is 1. The maximum atomic E-state index is 6.00. The van der Waals surface area contributed by atoms with Crippen LogP contribution in [0.25, 0.3) is 0 Å². The highest BCUT2D eigenvalue weighted by Crippen LogP contribution is 2.21. The number of hydrogen-bond donors (Lipinski definition) is 0. The molecule has 0 atom stereocenters. The molecular weight excluding hydrogens is 490 g/mol. The number of rotatable bonds is 10. The molecule has 0 amide bonds. The quantitative estimate of drug-likeness (QED) is 0.162. The van der Waals surface area contributed by atoms with Gasteiger partial charge in [0.2, 0.25) is 0 Å². The van der Waals surface area contributed by atoms with Crippen LogP contribution in [0.3, 0.4) is 0 Å². The molecule has 4 nitrogen and oxygen atoms in total. The number of nitrogens with zero attached hydrogens (tertiary/aromatic N) is 1. The minimum Gasteiger partial charge on any atom is -0.489 e. The van der Waals surface area contributed by atoms with Crippen molar-refractivity contribution in [3.8, 4) is 11.5 Å². The Bertz CT molecular complexity index is 1220. The van der Waals surface area contributed by atoms with Crippen LogP contribution in [-0.2, 0) is 24.7 Å². The topological polar surface area (TPSA) is 40.0 Å². The molecule has 4 rings (SSSR count). The van der Waals surface area contributed by atoms with Crippen molar-refractivity contribution in [1.82, 2.24) is 0 Å². The van der Waals surface area contributed by atoms with Crippen LogP contribution >= 0.6 is 15.9 Å². The fourth-order valence-corrected chi connectivity index (χ4v) is 3.63. The first kappa shape index (κ1) is 23.6. The van der Waals surface area contributed by atoms with Crippen LogP contribution in [0, 0.1) is 6.92 Å². The molecule has 0 fully saturated rings. The van der Waals surface area contributed by atoms with Gasteiger partial charge >= 0.3 is 0 Å². The van der Waals surface area contributed by atoms with E-state index < -0.39 is 0 Å². The second-order valence-electron chi connectivity index (χ2n) is 7.84. The molecule has 0 saturated carbocycles. The maximum Gasteiger partial charge on any atom is 0.142 e. The lowest BCUT2D eigenvalue weighted by molar-refractivity contribution is 0.132. The third-order valence-electron chi connectivity index (χ3n) is 5.21. The Morgan fingerprint density at radius 2 is 1.38 bits per heavy atom. The van der Waals surface area contributed by atoms with Crippen molar-refractivity contribution in [2.45, 2.75) is 26.7 Å². The van der Waals surface area contributed by atoms with E-state index in [-0.39, 0.29) is 0 Å². The molecule has 172 valence electrons. The van der Waals surface area contributed by atoms with Gasteiger partial charge in [0.1, 0.15) is 31.3 Å². The number of oxime groups is 1. The van der Waals surface area contributed by atoms with E-state index in [1.807, 2.05) is 72.8 Å². The summed E-state index contributed by atoms with van der Waals surface area (Å²) in [6, 6.07) is 32.0. The van der Waals surface area contributed by atoms with Gasteiger partial charge in [0.05, 0.1) is 6.21 Å². The molecule has 5 heteroatoms. The average Bonchev–Trinajstić information content (AvgIpc) is 2.87. The Morgan fingerprint density at radius 3 is 2.18 bits per heavy atom. The van der Waals surface area contributed by atoms with E-state index in [4.69, 9.17) is 14.3 Å². The van der Waals surface area contributed by atoms with Crippen LogP contribution in [0.2, 0.25) is 0 Å². The van der Waals surface area contributed by atoms with E-state index in [2.05, 4.69) is 52.3 Å². The molecule has 0 unspecified atom stereocenters. The van der Waals surface area contributed by atoms with Gasteiger partial charge < -0.3 is 14.3 Å². The first-order valence-corrected chi connectivity index (χ1v) is 11.8. The Hall–Kier alpha value is -3.57. The van der Waals surface area contributed by atoms with Gasteiger partial charge in [-0.15, -0.1) is 0 Å².